The van der Waals surface area contributed by atoms with Gasteiger partial charge in [-0.1, -0.05) is 11.2 Å². The lowest BCUT2D eigenvalue weighted by molar-refractivity contribution is 0.362. The zero-order chi connectivity index (χ0) is 11.7. The van der Waals surface area contributed by atoms with Gasteiger partial charge in [0.05, 0.1) is 6.04 Å². The van der Waals surface area contributed by atoms with E-state index in [0.29, 0.717) is 17.3 Å². The molecule has 1 aromatic heterocycles. The lowest BCUT2D eigenvalue weighted by atomic mass is 10.1. The minimum atomic E-state index is -0.326. The Morgan fingerprint density at radius 2 is 2.19 bits per heavy atom. The van der Waals surface area contributed by atoms with Crippen LogP contribution in [0.4, 0.5) is 4.39 Å². The van der Waals surface area contributed by atoms with Gasteiger partial charge in [-0.2, -0.15) is 4.98 Å². The van der Waals surface area contributed by atoms with Gasteiger partial charge in [0.1, 0.15) is 5.82 Å². The van der Waals surface area contributed by atoms with Crippen LogP contribution >= 0.6 is 0 Å². The lowest BCUT2D eigenvalue weighted by Gasteiger charge is -1.99. The van der Waals surface area contributed by atoms with Crippen LogP contribution in [0.3, 0.4) is 0 Å². The molecule has 4 nitrogen and oxygen atoms in total. The van der Waals surface area contributed by atoms with E-state index in [1.54, 1.807) is 13.0 Å². The Balaban J connectivity index is 2.46. The summed E-state index contributed by atoms with van der Waals surface area (Å²) in [5, 5.41) is 3.78. The van der Waals surface area contributed by atoms with E-state index in [-0.39, 0.29) is 11.9 Å². The molecule has 1 heterocycles. The summed E-state index contributed by atoms with van der Waals surface area (Å²) in [5.74, 6) is 0.385. The van der Waals surface area contributed by atoms with E-state index >= 15 is 0 Å². The van der Waals surface area contributed by atoms with Crippen LogP contribution in [0, 0.1) is 12.7 Å². The molecule has 2 rings (SSSR count). The second-order valence-corrected chi connectivity index (χ2v) is 3.70. The molecule has 2 N–H and O–H groups in total. The molecular weight excluding hydrogens is 209 g/mol. The quantitative estimate of drug-likeness (QED) is 0.844. The molecule has 0 unspecified atom stereocenters. The van der Waals surface area contributed by atoms with E-state index in [1.807, 2.05) is 6.92 Å². The minimum Gasteiger partial charge on any atom is -0.337 e. The lowest BCUT2D eigenvalue weighted by Crippen LogP contribution is -2.04. The maximum atomic E-state index is 13.1. The van der Waals surface area contributed by atoms with Gasteiger partial charge in [0.2, 0.25) is 11.7 Å². The third kappa shape index (κ3) is 1.94. The summed E-state index contributed by atoms with van der Waals surface area (Å²) in [6, 6.07) is 4.12. The molecule has 0 amide bonds. The van der Waals surface area contributed by atoms with E-state index < -0.39 is 0 Å². The Hall–Kier alpha value is -1.75. The number of benzene rings is 1. The number of halogens is 1. The van der Waals surface area contributed by atoms with Crippen molar-refractivity contribution < 1.29 is 8.91 Å². The predicted octanol–water partition coefficient (Wildman–Crippen LogP) is 2.20. The molecule has 0 saturated heterocycles. The highest BCUT2D eigenvalue weighted by molar-refractivity contribution is 5.59. The van der Waals surface area contributed by atoms with Crippen LogP contribution in [-0.2, 0) is 0 Å². The van der Waals surface area contributed by atoms with Crippen LogP contribution in [0.2, 0.25) is 0 Å². The number of aryl methyl sites for hydroxylation is 1. The summed E-state index contributed by atoms with van der Waals surface area (Å²) < 4.78 is 18.1. The molecule has 1 aromatic carbocycles. The Morgan fingerprint density at radius 1 is 1.44 bits per heavy atom. The van der Waals surface area contributed by atoms with Crippen LogP contribution in [0.15, 0.2) is 22.7 Å². The number of hydrogen-bond acceptors (Lipinski definition) is 4. The largest absolute Gasteiger partial charge is 0.337 e. The first-order valence-electron chi connectivity index (χ1n) is 4.93. The number of nitrogens with two attached hydrogens (primary N) is 1. The van der Waals surface area contributed by atoms with Crippen molar-refractivity contribution in [3.05, 3.63) is 35.5 Å². The third-order valence-electron chi connectivity index (χ3n) is 2.27. The van der Waals surface area contributed by atoms with Crippen LogP contribution in [0.1, 0.15) is 24.4 Å². The maximum absolute atomic E-state index is 13.1. The molecule has 1 atom stereocenters. The summed E-state index contributed by atoms with van der Waals surface area (Å²) in [4.78, 5) is 4.11. The average Bonchev–Trinajstić information content (AvgIpc) is 2.70. The maximum Gasteiger partial charge on any atom is 0.243 e. The fraction of sp³-hybridized carbons (Fsp3) is 0.273. The summed E-state index contributed by atoms with van der Waals surface area (Å²) in [6.45, 7) is 3.60. The molecule has 2 aromatic rings. The molecule has 0 aliphatic rings. The highest BCUT2D eigenvalue weighted by Crippen LogP contribution is 2.22. The molecule has 5 heteroatoms. The summed E-state index contributed by atoms with van der Waals surface area (Å²) in [6.07, 6.45) is 0. The van der Waals surface area contributed by atoms with Crippen molar-refractivity contribution in [2.24, 2.45) is 5.73 Å². The van der Waals surface area contributed by atoms with Crippen molar-refractivity contribution in [3.63, 3.8) is 0 Å². The molecular formula is C11H12FN3O. The molecule has 84 valence electrons. The SMILES string of the molecule is Cc1ccc(F)cc1-c1noc([C@H](C)N)n1. The van der Waals surface area contributed by atoms with Crippen molar-refractivity contribution >= 4 is 0 Å². The molecule has 0 aliphatic heterocycles. The molecule has 0 spiro atoms. The Labute approximate surface area is 92.3 Å². The van der Waals surface area contributed by atoms with E-state index in [1.165, 1.54) is 12.1 Å². The molecule has 16 heavy (non-hydrogen) atoms. The number of nitrogens with zero attached hydrogens (tertiary/aromatic N) is 2. The number of rotatable bonds is 2. The number of aromatic nitrogens is 2. The van der Waals surface area contributed by atoms with E-state index in [2.05, 4.69) is 10.1 Å². The molecule has 0 saturated carbocycles. The summed E-state index contributed by atoms with van der Waals surface area (Å²) in [5.41, 5.74) is 7.11. The average molecular weight is 221 g/mol. The normalized spacial score (nSPS) is 12.8. The second kappa shape index (κ2) is 4.02. The fourth-order valence-corrected chi connectivity index (χ4v) is 1.36. The van der Waals surface area contributed by atoms with Crippen molar-refractivity contribution in [1.82, 2.24) is 10.1 Å². The van der Waals surface area contributed by atoms with Gasteiger partial charge < -0.3 is 10.3 Å². The molecule has 0 radical (unpaired) electrons. The second-order valence-electron chi connectivity index (χ2n) is 3.70. The summed E-state index contributed by atoms with van der Waals surface area (Å²) >= 11 is 0. The van der Waals surface area contributed by atoms with Crippen LogP contribution in [0.25, 0.3) is 11.4 Å². The standard InChI is InChI=1S/C11H12FN3O/c1-6-3-4-8(12)5-9(6)10-14-11(7(2)13)16-15-10/h3-5,7H,13H2,1-2H3/t7-/m0/s1. The smallest absolute Gasteiger partial charge is 0.243 e. The van der Waals surface area contributed by atoms with Gasteiger partial charge in [-0.05, 0) is 31.5 Å². The molecule has 0 aliphatic carbocycles. The van der Waals surface area contributed by atoms with Gasteiger partial charge in [0, 0.05) is 5.56 Å². The van der Waals surface area contributed by atoms with Gasteiger partial charge in [-0.3, -0.25) is 0 Å². The van der Waals surface area contributed by atoms with Gasteiger partial charge >= 0.3 is 0 Å². The first-order chi connectivity index (χ1) is 7.58. The molecule has 0 fully saturated rings. The van der Waals surface area contributed by atoms with Gasteiger partial charge in [-0.25, -0.2) is 4.39 Å². The molecule has 0 bridgehead atoms. The van der Waals surface area contributed by atoms with Crippen LogP contribution in [-0.4, -0.2) is 10.1 Å². The monoisotopic (exact) mass is 221 g/mol. The minimum absolute atomic E-state index is 0.324. The third-order valence-corrected chi connectivity index (χ3v) is 2.27. The van der Waals surface area contributed by atoms with Crippen LogP contribution < -0.4 is 5.73 Å². The summed E-state index contributed by atoms with van der Waals surface area (Å²) in [7, 11) is 0. The van der Waals surface area contributed by atoms with Crippen molar-refractivity contribution in [1.29, 1.82) is 0 Å². The van der Waals surface area contributed by atoms with Crippen LogP contribution in [0.5, 0.6) is 0 Å². The Morgan fingerprint density at radius 3 is 2.81 bits per heavy atom. The highest BCUT2D eigenvalue weighted by atomic mass is 19.1. The Bertz CT molecular complexity index is 508. The Kier molecular flexibility index (Phi) is 2.70. The van der Waals surface area contributed by atoms with Crippen molar-refractivity contribution in [2.45, 2.75) is 19.9 Å². The van der Waals surface area contributed by atoms with E-state index in [9.17, 15) is 4.39 Å². The predicted molar refractivity (Wildman–Crippen MR) is 57.0 cm³/mol. The topological polar surface area (TPSA) is 64.9 Å². The zero-order valence-corrected chi connectivity index (χ0v) is 9.07. The van der Waals surface area contributed by atoms with Crippen molar-refractivity contribution in [3.8, 4) is 11.4 Å². The van der Waals surface area contributed by atoms with Crippen molar-refractivity contribution in [2.75, 3.05) is 0 Å². The first-order valence-corrected chi connectivity index (χ1v) is 4.93. The van der Waals surface area contributed by atoms with Gasteiger partial charge in [0.25, 0.3) is 0 Å². The zero-order valence-electron chi connectivity index (χ0n) is 9.07. The van der Waals surface area contributed by atoms with E-state index in [4.69, 9.17) is 10.3 Å². The van der Waals surface area contributed by atoms with E-state index in [0.717, 1.165) is 5.56 Å². The van der Waals surface area contributed by atoms with Gasteiger partial charge in [-0.15, -0.1) is 0 Å². The highest BCUT2D eigenvalue weighted by Gasteiger charge is 2.13. The fourth-order valence-electron chi connectivity index (χ4n) is 1.36. The van der Waals surface area contributed by atoms with Gasteiger partial charge in [0.15, 0.2) is 0 Å². The first kappa shape index (κ1) is 10.8. The number of hydrogen-bond donors (Lipinski definition) is 1.